The molecular formula is C16H18N4O. The van der Waals surface area contributed by atoms with Gasteiger partial charge in [0.05, 0.1) is 0 Å². The molecule has 1 aromatic heterocycles. The number of pyridine rings is 1. The molecule has 3 rings (SSSR count). The lowest BCUT2D eigenvalue weighted by Crippen LogP contribution is -2.46. The molecule has 1 aromatic carbocycles. The van der Waals surface area contributed by atoms with E-state index in [-0.39, 0.29) is 0 Å². The average molecular weight is 282 g/mol. The number of piperazine rings is 1. The van der Waals surface area contributed by atoms with E-state index in [0.717, 1.165) is 44.0 Å². The highest BCUT2D eigenvalue weighted by atomic mass is 16.1. The summed E-state index contributed by atoms with van der Waals surface area (Å²) in [5, 5.41) is 0. The molecule has 108 valence electrons. The normalized spacial score (nSPS) is 15.0. The van der Waals surface area contributed by atoms with Gasteiger partial charge < -0.3 is 15.5 Å². The number of nitrogens with zero attached hydrogens (tertiary/aromatic N) is 3. The zero-order chi connectivity index (χ0) is 14.7. The lowest BCUT2D eigenvalue weighted by molar-refractivity contribution is 0.112. The fraction of sp³-hybridized carbons (Fsp3) is 0.250. The Kier molecular flexibility index (Phi) is 3.73. The van der Waals surface area contributed by atoms with Crippen LogP contribution in [-0.2, 0) is 0 Å². The molecule has 1 fully saturated rings. The van der Waals surface area contributed by atoms with Gasteiger partial charge in [0.1, 0.15) is 5.82 Å². The molecule has 2 aromatic rings. The molecule has 1 aliphatic heterocycles. The predicted molar refractivity (Wildman–Crippen MR) is 84.9 cm³/mol. The number of nitrogens with two attached hydrogens (primary N) is 1. The minimum absolute atomic E-state index is 0.529. The lowest BCUT2D eigenvalue weighted by Gasteiger charge is -2.36. The highest BCUT2D eigenvalue weighted by Gasteiger charge is 2.18. The van der Waals surface area contributed by atoms with E-state index in [1.165, 1.54) is 0 Å². The van der Waals surface area contributed by atoms with Gasteiger partial charge in [-0.3, -0.25) is 4.79 Å². The molecule has 0 amide bonds. The SMILES string of the molecule is Nc1ccc(N2CCN(c3ccccn3)CC2)cc1C=O. The van der Waals surface area contributed by atoms with Crippen LogP contribution >= 0.6 is 0 Å². The van der Waals surface area contributed by atoms with Crippen molar-refractivity contribution >= 4 is 23.5 Å². The zero-order valence-electron chi connectivity index (χ0n) is 11.8. The minimum atomic E-state index is 0.529. The van der Waals surface area contributed by atoms with Gasteiger partial charge in [-0.05, 0) is 30.3 Å². The number of hydrogen-bond acceptors (Lipinski definition) is 5. The molecule has 0 unspecified atom stereocenters. The van der Waals surface area contributed by atoms with E-state index in [4.69, 9.17) is 5.73 Å². The third-order valence-corrected chi connectivity index (χ3v) is 3.82. The lowest BCUT2D eigenvalue weighted by atomic mass is 10.1. The summed E-state index contributed by atoms with van der Waals surface area (Å²) in [6.07, 6.45) is 2.63. The third-order valence-electron chi connectivity index (χ3n) is 3.82. The van der Waals surface area contributed by atoms with E-state index in [9.17, 15) is 4.79 Å². The number of hydrogen-bond donors (Lipinski definition) is 1. The van der Waals surface area contributed by atoms with Gasteiger partial charge in [-0.2, -0.15) is 0 Å². The molecule has 2 N–H and O–H groups in total. The zero-order valence-corrected chi connectivity index (χ0v) is 11.8. The molecule has 5 heteroatoms. The number of anilines is 3. The van der Waals surface area contributed by atoms with Gasteiger partial charge in [-0.1, -0.05) is 6.07 Å². The Balaban J connectivity index is 1.70. The van der Waals surface area contributed by atoms with Crippen LogP contribution in [0.15, 0.2) is 42.6 Å². The third kappa shape index (κ3) is 2.81. The fourth-order valence-corrected chi connectivity index (χ4v) is 2.60. The molecule has 5 nitrogen and oxygen atoms in total. The smallest absolute Gasteiger partial charge is 0.152 e. The van der Waals surface area contributed by atoms with Crippen molar-refractivity contribution in [3.8, 4) is 0 Å². The molecule has 0 saturated carbocycles. The first-order valence-corrected chi connectivity index (χ1v) is 7.03. The largest absolute Gasteiger partial charge is 0.398 e. The molecular weight excluding hydrogens is 264 g/mol. The van der Waals surface area contributed by atoms with Crippen LogP contribution in [-0.4, -0.2) is 37.4 Å². The van der Waals surface area contributed by atoms with Gasteiger partial charge in [-0.25, -0.2) is 4.98 Å². The molecule has 0 atom stereocenters. The van der Waals surface area contributed by atoms with Crippen molar-refractivity contribution in [2.75, 3.05) is 41.7 Å². The molecule has 0 bridgehead atoms. The number of rotatable bonds is 3. The molecule has 0 aliphatic carbocycles. The summed E-state index contributed by atoms with van der Waals surface area (Å²) >= 11 is 0. The quantitative estimate of drug-likeness (QED) is 0.687. The Morgan fingerprint density at radius 3 is 2.48 bits per heavy atom. The monoisotopic (exact) mass is 282 g/mol. The van der Waals surface area contributed by atoms with Gasteiger partial charge in [0.25, 0.3) is 0 Å². The second-order valence-electron chi connectivity index (χ2n) is 5.09. The minimum Gasteiger partial charge on any atom is -0.398 e. The first-order valence-electron chi connectivity index (χ1n) is 7.03. The topological polar surface area (TPSA) is 62.5 Å². The van der Waals surface area contributed by atoms with E-state index >= 15 is 0 Å². The Labute approximate surface area is 124 Å². The maximum atomic E-state index is 11.0. The van der Waals surface area contributed by atoms with Crippen LogP contribution < -0.4 is 15.5 Å². The predicted octanol–water partition coefficient (Wildman–Crippen LogP) is 1.80. The Bertz CT molecular complexity index is 621. The average Bonchev–Trinajstić information content (AvgIpc) is 2.56. The summed E-state index contributed by atoms with van der Waals surface area (Å²) < 4.78 is 0. The van der Waals surface area contributed by atoms with Crippen LogP contribution in [0.1, 0.15) is 10.4 Å². The van der Waals surface area contributed by atoms with Gasteiger partial charge in [0.2, 0.25) is 0 Å². The Morgan fingerprint density at radius 1 is 1.05 bits per heavy atom. The molecule has 1 saturated heterocycles. The summed E-state index contributed by atoms with van der Waals surface area (Å²) in [5.41, 5.74) is 7.89. The van der Waals surface area contributed by atoms with E-state index < -0.39 is 0 Å². The second kappa shape index (κ2) is 5.83. The maximum Gasteiger partial charge on any atom is 0.152 e. The number of nitrogen functional groups attached to an aromatic ring is 1. The number of aldehydes is 1. The first-order chi connectivity index (χ1) is 10.3. The standard InChI is InChI=1S/C16H18N4O/c17-15-5-4-14(11-13(15)12-21)19-7-9-20(10-8-19)16-3-1-2-6-18-16/h1-6,11-12H,7-10,17H2. The summed E-state index contributed by atoms with van der Waals surface area (Å²) in [5.74, 6) is 1.02. The maximum absolute atomic E-state index is 11.0. The van der Waals surface area contributed by atoms with Crippen LogP contribution in [0.25, 0.3) is 0 Å². The van der Waals surface area contributed by atoms with Gasteiger partial charge in [0, 0.05) is 49.3 Å². The molecule has 21 heavy (non-hydrogen) atoms. The highest BCUT2D eigenvalue weighted by molar-refractivity contribution is 5.85. The van der Waals surface area contributed by atoms with Crippen LogP contribution in [0.4, 0.5) is 17.2 Å². The van der Waals surface area contributed by atoms with Crippen molar-refractivity contribution in [2.24, 2.45) is 0 Å². The number of aromatic nitrogens is 1. The number of carbonyl (C=O) groups is 1. The molecule has 0 radical (unpaired) electrons. The van der Waals surface area contributed by atoms with Crippen LogP contribution in [0, 0.1) is 0 Å². The van der Waals surface area contributed by atoms with Crippen molar-refractivity contribution < 1.29 is 4.79 Å². The number of carbonyl (C=O) groups excluding carboxylic acids is 1. The van der Waals surface area contributed by atoms with Crippen molar-refractivity contribution in [3.63, 3.8) is 0 Å². The second-order valence-corrected chi connectivity index (χ2v) is 5.09. The number of benzene rings is 1. The van der Waals surface area contributed by atoms with Gasteiger partial charge in [0.15, 0.2) is 6.29 Å². The summed E-state index contributed by atoms with van der Waals surface area (Å²) in [6.45, 7) is 3.63. The van der Waals surface area contributed by atoms with Crippen LogP contribution in [0.2, 0.25) is 0 Å². The molecule has 1 aliphatic rings. The highest BCUT2D eigenvalue weighted by Crippen LogP contribution is 2.22. The molecule has 2 heterocycles. The summed E-state index contributed by atoms with van der Waals surface area (Å²) in [4.78, 5) is 19.9. The van der Waals surface area contributed by atoms with E-state index in [1.807, 2.05) is 36.5 Å². The van der Waals surface area contributed by atoms with Gasteiger partial charge in [-0.15, -0.1) is 0 Å². The molecule has 0 spiro atoms. The van der Waals surface area contributed by atoms with E-state index in [2.05, 4.69) is 14.8 Å². The van der Waals surface area contributed by atoms with Crippen molar-refractivity contribution in [1.29, 1.82) is 0 Å². The first kappa shape index (κ1) is 13.4. The Hall–Kier alpha value is -2.56. The van der Waals surface area contributed by atoms with E-state index in [0.29, 0.717) is 11.3 Å². The van der Waals surface area contributed by atoms with Crippen molar-refractivity contribution in [3.05, 3.63) is 48.2 Å². The van der Waals surface area contributed by atoms with Crippen LogP contribution in [0.5, 0.6) is 0 Å². The van der Waals surface area contributed by atoms with Crippen molar-refractivity contribution in [1.82, 2.24) is 4.98 Å². The fourth-order valence-electron chi connectivity index (χ4n) is 2.60. The van der Waals surface area contributed by atoms with E-state index in [1.54, 1.807) is 6.07 Å². The summed E-state index contributed by atoms with van der Waals surface area (Å²) in [6, 6.07) is 11.6. The van der Waals surface area contributed by atoms with Crippen molar-refractivity contribution in [2.45, 2.75) is 0 Å². The van der Waals surface area contributed by atoms with Gasteiger partial charge >= 0.3 is 0 Å². The Morgan fingerprint density at radius 2 is 1.81 bits per heavy atom. The van der Waals surface area contributed by atoms with Crippen LogP contribution in [0.3, 0.4) is 0 Å². The summed E-state index contributed by atoms with van der Waals surface area (Å²) in [7, 11) is 0.